The molecule has 4 rings (SSSR count). The standard InChI is InChI=1S/C17H16BrN5O/c1-11-8-19-17-20-15(21-23(17)9-11)16(24)22-6-5-13(10-22)12-3-2-4-14(18)7-12/h2-4,7-9,13H,5-6,10H2,1H3. The van der Waals surface area contributed by atoms with E-state index < -0.39 is 0 Å². The highest BCUT2D eigenvalue weighted by molar-refractivity contribution is 9.10. The normalized spacial score (nSPS) is 17.6. The van der Waals surface area contributed by atoms with Crippen LogP contribution in [0, 0.1) is 6.92 Å². The summed E-state index contributed by atoms with van der Waals surface area (Å²) in [5, 5.41) is 4.27. The third-order valence-corrected chi connectivity index (χ3v) is 4.80. The Morgan fingerprint density at radius 2 is 2.25 bits per heavy atom. The number of likely N-dealkylation sites (tertiary alicyclic amines) is 1. The molecule has 0 bridgehead atoms. The summed E-state index contributed by atoms with van der Waals surface area (Å²) in [6.07, 6.45) is 4.49. The second-order valence-electron chi connectivity index (χ2n) is 6.10. The van der Waals surface area contributed by atoms with Crippen LogP contribution in [0.5, 0.6) is 0 Å². The van der Waals surface area contributed by atoms with Crippen LogP contribution in [0.25, 0.3) is 5.78 Å². The molecule has 2 aromatic heterocycles. The van der Waals surface area contributed by atoms with Crippen LogP contribution in [-0.2, 0) is 0 Å². The zero-order valence-corrected chi connectivity index (χ0v) is 14.8. The van der Waals surface area contributed by atoms with Crippen molar-refractivity contribution in [2.75, 3.05) is 13.1 Å². The van der Waals surface area contributed by atoms with Gasteiger partial charge in [0.15, 0.2) is 0 Å². The molecule has 3 heterocycles. The van der Waals surface area contributed by atoms with E-state index in [1.165, 1.54) is 5.56 Å². The molecule has 1 saturated heterocycles. The zero-order valence-electron chi connectivity index (χ0n) is 13.2. The molecule has 1 amide bonds. The van der Waals surface area contributed by atoms with Gasteiger partial charge in [-0.05, 0) is 36.6 Å². The van der Waals surface area contributed by atoms with Gasteiger partial charge in [-0.1, -0.05) is 28.1 Å². The number of hydrogen-bond donors (Lipinski definition) is 0. The van der Waals surface area contributed by atoms with Crippen LogP contribution in [0.2, 0.25) is 0 Å². The molecular weight excluding hydrogens is 370 g/mol. The van der Waals surface area contributed by atoms with Crippen molar-refractivity contribution in [1.29, 1.82) is 0 Å². The molecule has 122 valence electrons. The van der Waals surface area contributed by atoms with E-state index in [1.807, 2.05) is 30.2 Å². The van der Waals surface area contributed by atoms with Crippen molar-refractivity contribution < 1.29 is 4.79 Å². The molecule has 1 aliphatic rings. The number of benzene rings is 1. The molecular formula is C17H16BrN5O. The lowest BCUT2D eigenvalue weighted by atomic mass is 9.99. The fourth-order valence-electron chi connectivity index (χ4n) is 3.08. The minimum absolute atomic E-state index is 0.129. The van der Waals surface area contributed by atoms with Gasteiger partial charge in [0.1, 0.15) is 0 Å². The minimum atomic E-state index is -0.129. The molecule has 0 aliphatic carbocycles. The first-order valence-corrected chi connectivity index (χ1v) is 8.63. The molecule has 24 heavy (non-hydrogen) atoms. The van der Waals surface area contributed by atoms with Gasteiger partial charge in [0.2, 0.25) is 5.82 Å². The van der Waals surface area contributed by atoms with Gasteiger partial charge in [0.05, 0.1) is 0 Å². The van der Waals surface area contributed by atoms with Crippen molar-refractivity contribution in [3.05, 3.63) is 58.1 Å². The van der Waals surface area contributed by atoms with Crippen LogP contribution in [-0.4, -0.2) is 43.5 Å². The number of halogens is 1. The van der Waals surface area contributed by atoms with E-state index in [1.54, 1.807) is 10.7 Å². The van der Waals surface area contributed by atoms with Gasteiger partial charge in [0, 0.05) is 35.9 Å². The summed E-state index contributed by atoms with van der Waals surface area (Å²) in [5.41, 5.74) is 2.22. The highest BCUT2D eigenvalue weighted by Gasteiger charge is 2.30. The quantitative estimate of drug-likeness (QED) is 0.680. The molecule has 3 aromatic rings. The van der Waals surface area contributed by atoms with Crippen LogP contribution in [0.3, 0.4) is 0 Å². The van der Waals surface area contributed by atoms with Crippen molar-refractivity contribution in [2.45, 2.75) is 19.3 Å². The molecule has 0 N–H and O–H groups in total. The summed E-state index contributed by atoms with van der Waals surface area (Å²) in [6, 6.07) is 8.27. The number of carbonyl (C=O) groups excluding carboxylic acids is 1. The molecule has 0 radical (unpaired) electrons. The predicted octanol–water partition coefficient (Wildman–Crippen LogP) is 2.82. The van der Waals surface area contributed by atoms with Gasteiger partial charge in [-0.15, -0.1) is 5.10 Å². The lowest BCUT2D eigenvalue weighted by Crippen LogP contribution is -2.29. The van der Waals surface area contributed by atoms with E-state index in [2.05, 4.69) is 43.1 Å². The Kier molecular flexibility index (Phi) is 3.80. The fourth-order valence-corrected chi connectivity index (χ4v) is 3.50. The Hall–Kier alpha value is -2.28. The third kappa shape index (κ3) is 2.80. The van der Waals surface area contributed by atoms with Crippen molar-refractivity contribution >= 4 is 27.6 Å². The number of hydrogen-bond acceptors (Lipinski definition) is 4. The smallest absolute Gasteiger partial charge is 0.293 e. The summed E-state index contributed by atoms with van der Waals surface area (Å²) in [5.74, 6) is 0.883. The molecule has 6 nitrogen and oxygen atoms in total. The maximum atomic E-state index is 12.7. The summed E-state index contributed by atoms with van der Waals surface area (Å²) < 4.78 is 2.62. The molecule has 0 spiro atoms. The average molecular weight is 386 g/mol. The van der Waals surface area contributed by atoms with Gasteiger partial charge < -0.3 is 4.90 Å². The fraction of sp³-hybridized carbons (Fsp3) is 0.294. The minimum Gasteiger partial charge on any atom is -0.335 e. The predicted molar refractivity (Wildman–Crippen MR) is 92.9 cm³/mol. The molecule has 1 aromatic carbocycles. The number of carbonyl (C=O) groups is 1. The van der Waals surface area contributed by atoms with Gasteiger partial charge in [-0.3, -0.25) is 4.79 Å². The Labute approximate surface area is 147 Å². The Bertz CT molecular complexity index is 922. The highest BCUT2D eigenvalue weighted by atomic mass is 79.9. The largest absolute Gasteiger partial charge is 0.335 e. The lowest BCUT2D eigenvalue weighted by molar-refractivity contribution is 0.0779. The Balaban J connectivity index is 1.54. The molecule has 1 unspecified atom stereocenters. The number of aromatic nitrogens is 4. The number of rotatable bonds is 2. The van der Waals surface area contributed by atoms with Crippen LogP contribution in [0.1, 0.15) is 34.1 Å². The van der Waals surface area contributed by atoms with E-state index in [-0.39, 0.29) is 11.7 Å². The van der Waals surface area contributed by atoms with Crippen LogP contribution in [0.4, 0.5) is 0 Å². The molecule has 1 aliphatic heterocycles. The van der Waals surface area contributed by atoms with Crippen molar-refractivity contribution in [1.82, 2.24) is 24.5 Å². The first-order valence-electron chi connectivity index (χ1n) is 7.84. The first-order chi connectivity index (χ1) is 11.6. The van der Waals surface area contributed by atoms with Crippen LogP contribution in [0.15, 0.2) is 41.1 Å². The van der Waals surface area contributed by atoms with E-state index in [0.29, 0.717) is 18.2 Å². The van der Waals surface area contributed by atoms with Gasteiger partial charge >= 0.3 is 0 Å². The lowest BCUT2D eigenvalue weighted by Gasteiger charge is -2.14. The second kappa shape index (κ2) is 5.98. The van der Waals surface area contributed by atoms with Crippen molar-refractivity contribution in [3.63, 3.8) is 0 Å². The Morgan fingerprint density at radius 3 is 3.08 bits per heavy atom. The molecule has 0 saturated carbocycles. The third-order valence-electron chi connectivity index (χ3n) is 4.31. The number of nitrogens with zero attached hydrogens (tertiary/aromatic N) is 5. The summed E-state index contributed by atoms with van der Waals surface area (Å²) in [7, 11) is 0. The van der Waals surface area contributed by atoms with Crippen molar-refractivity contribution in [3.8, 4) is 0 Å². The zero-order chi connectivity index (χ0) is 16.7. The van der Waals surface area contributed by atoms with Gasteiger partial charge in [-0.25, -0.2) is 9.50 Å². The maximum Gasteiger partial charge on any atom is 0.293 e. The first kappa shape index (κ1) is 15.3. The summed E-state index contributed by atoms with van der Waals surface area (Å²) in [6.45, 7) is 3.34. The van der Waals surface area contributed by atoms with E-state index in [4.69, 9.17) is 0 Å². The van der Waals surface area contributed by atoms with Crippen molar-refractivity contribution in [2.24, 2.45) is 0 Å². The second-order valence-corrected chi connectivity index (χ2v) is 7.02. The van der Waals surface area contributed by atoms with Crippen LogP contribution >= 0.6 is 15.9 Å². The Morgan fingerprint density at radius 1 is 1.38 bits per heavy atom. The number of amides is 1. The highest BCUT2D eigenvalue weighted by Crippen LogP contribution is 2.29. The van der Waals surface area contributed by atoms with E-state index in [9.17, 15) is 4.79 Å². The van der Waals surface area contributed by atoms with E-state index in [0.717, 1.165) is 23.0 Å². The van der Waals surface area contributed by atoms with Gasteiger partial charge in [-0.2, -0.15) is 4.98 Å². The number of fused-ring (bicyclic) bond motifs is 1. The summed E-state index contributed by atoms with van der Waals surface area (Å²) >= 11 is 3.51. The molecule has 7 heteroatoms. The van der Waals surface area contributed by atoms with Gasteiger partial charge in [0.25, 0.3) is 11.7 Å². The van der Waals surface area contributed by atoms with E-state index >= 15 is 0 Å². The van der Waals surface area contributed by atoms with Crippen LogP contribution < -0.4 is 0 Å². The maximum absolute atomic E-state index is 12.7. The monoisotopic (exact) mass is 385 g/mol. The average Bonchev–Trinajstić information content (AvgIpc) is 3.21. The molecule has 1 atom stereocenters. The summed E-state index contributed by atoms with van der Waals surface area (Å²) in [4.78, 5) is 23.0. The topological polar surface area (TPSA) is 63.4 Å². The number of aryl methyl sites for hydroxylation is 1. The molecule has 1 fully saturated rings. The SMILES string of the molecule is Cc1cnc2nc(C(=O)N3CCC(c4cccc(Br)c4)C3)nn2c1.